The van der Waals surface area contributed by atoms with Crippen LogP contribution in [0.15, 0.2) is 42.6 Å². The highest BCUT2D eigenvalue weighted by Gasteiger charge is 2.26. The van der Waals surface area contributed by atoms with E-state index in [1.165, 1.54) is 17.3 Å². The van der Waals surface area contributed by atoms with Gasteiger partial charge in [0.05, 0.1) is 30.0 Å². The Morgan fingerprint density at radius 2 is 1.88 bits per heavy atom. The van der Waals surface area contributed by atoms with Crippen LogP contribution in [0.1, 0.15) is 63.8 Å². The van der Waals surface area contributed by atoms with Crippen molar-refractivity contribution in [2.24, 2.45) is 0 Å². The zero-order chi connectivity index (χ0) is 31.1. The van der Waals surface area contributed by atoms with Crippen LogP contribution < -0.4 is 10.6 Å². The van der Waals surface area contributed by atoms with E-state index >= 15 is 0 Å². The second-order valence-corrected chi connectivity index (χ2v) is 12.7. The summed E-state index contributed by atoms with van der Waals surface area (Å²) in [6, 6.07) is 10.8. The number of carbonyl (C=O) groups excluding carboxylic acids is 2. The number of rotatable bonds is 8. The largest absolute Gasteiger partial charge is 0.435 e. The highest BCUT2D eigenvalue weighted by atomic mass is 31.2. The lowest BCUT2D eigenvalue weighted by molar-refractivity contribution is 0.155. The number of anilines is 1. The summed E-state index contributed by atoms with van der Waals surface area (Å²) in [4.78, 5) is 44.9. The lowest BCUT2D eigenvalue weighted by atomic mass is 9.85. The van der Waals surface area contributed by atoms with Crippen LogP contribution in [-0.4, -0.2) is 74.3 Å². The molecular formula is C29H42N5O7P. The Balaban J connectivity index is 0.000000531. The van der Waals surface area contributed by atoms with E-state index in [1.807, 2.05) is 0 Å². The van der Waals surface area contributed by atoms with Crippen LogP contribution in [0.5, 0.6) is 0 Å². The van der Waals surface area contributed by atoms with Gasteiger partial charge in [-0.2, -0.15) is 9.78 Å². The number of hydrogen-bond donors (Lipinski definition) is 5. The van der Waals surface area contributed by atoms with Crippen LogP contribution in [0.4, 0.5) is 15.3 Å². The van der Waals surface area contributed by atoms with Crippen molar-refractivity contribution in [1.29, 1.82) is 0 Å². The number of aryl methyl sites for hydroxylation is 1. The number of nitrogens with one attached hydrogen (secondary N) is 2. The molecule has 5 N–H and O–H groups in total. The van der Waals surface area contributed by atoms with Gasteiger partial charge >= 0.3 is 19.7 Å². The van der Waals surface area contributed by atoms with Gasteiger partial charge in [-0.05, 0) is 60.2 Å². The molecule has 0 spiro atoms. The van der Waals surface area contributed by atoms with Crippen LogP contribution >= 0.6 is 7.60 Å². The van der Waals surface area contributed by atoms with Crippen molar-refractivity contribution >= 4 is 36.3 Å². The summed E-state index contributed by atoms with van der Waals surface area (Å²) < 4.78 is 16.5. The van der Waals surface area contributed by atoms with E-state index < -0.39 is 20.0 Å². The van der Waals surface area contributed by atoms with E-state index in [0.717, 1.165) is 42.7 Å². The topological polar surface area (TPSA) is 166 Å². The fraction of sp³-hybridized carbons (Fsp3) is 0.483. The molecule has 1 aliphatic carbocycles. The van der Waals surface area contributed by atoms with Crippen molar-refractivity contribution < 1.29 is 33.8 Å². The molecule has 0 unspecified atom stereocenters. The van der Waals surface area contributed by atoms with Gasteiger partial charge in [0.2, 0.25) is 0 Å². The molecule has 230 valence electrons. The molecule has 12 nitrogen and oxygen atoms in total. The standard InChI is InChI=1S/C23H27N4O6P.C6H15NO/c1-23(2,3)15-8-9-16-14(11-15)7-10-19(16)26-21(28)25-18-5-4-6-20-17(18)12-24-27(20)22(29)33-13-34(30,31)32;1-3-7(4-2)5-6-8/h4-6,8-9,11-12,19H,7,10,13H2,1-3H3,(H2,25,26,28)(H2,30,31,32);8H,3-6H2,1-2H3/t19-;/m1./s1. The second kappa shape index (κ2) is 14.3. The van der Waals surface area contributed by atoms with Gasteiger partial charge in [-0.1, -0.05) is 58.9 Å². The van der Waals surface area contributed by atoms with Gasteiger partial charge < -0.3 is 35.2 Å². The van der Waals surface area contributed by atoms with Gasteiger partial charge in [-0.15, -0.1) is 0 Å². The van der Waals surface area contributed by atoms with E-state index in [2.05, 4.69) is 78.2 Å². The molecule has 0 radical (unpaired) electrons. The molecule has 0 bridgehead atoms. The number of aromatic nitrogens is 2. The molecule has 4 rings (SSSR count). The number of fused-ring (bicyclic) bond motifs is 2. The summed E-state index contributed by atoms with van der Waals surface area (Å²) in [6.07, 6.45) is 1.00. The van der Waals surface area contributed by atoms with Crippen LogP contribution in [0.3, 0.4) is 0 Å². The highest BCUT2D eigenvalue weighted by molar-refractivity contribution is 7.51. The number of aliphatic hydroxyl groups is 1. The van der Waals surface area contributed by atoms with Gasteiger partial charge in [0.15, 0.2) is 6.35 Å². The van der Waals surface area contributed by atoms with Crippen molar-refractivity contribution in [3.05, 3.63) is 59.3 Å². The Labute approximate surface area is 246 Å². The van der Waals surface area contributed by atoms with Crippen molar-refractivity contribution in [1.82, 2.24) is 20.0 Å². The SMILES string of the molecule is CC(C)(C)c1ccc2c(c1)CC[C@H]2NC(=O)Nc1cccc2c1cnn2C(=O)OCP(=O)(O)O.CCN(CC)CCO. The second-order valence-electron chi connectivity index (χ2n) is 11.1. The van der Waals surface area contributed by atoms with Gasteiger partial charge in [0.25, 0.3) is 0 Å². The number of nitrogens with zero attached hydrogens (tertiary/aromatic N) is 3. The Kier molecular flexibility index (Phi) is 11.3. The number of hydrogen-bond acceptors (Lipinski definition) is 7. The lowest BCUT2D eigenvalue weighted by Gasteiger charge is -2.21. The van der Waals surface area contributed by atoms with Gasteiger partial charge in [-0.3, -0.25) is 4.57 Å². The maximum atomic E-state index is 12.8. The predicted octanol–water partition coefficient (Wildman–Crippen LogP) is 4.58. The molecule has 1 atom stereocenters. The molecule has 2 aromatic carbocycles. The third kappa shape index (κ3) is 8.86. The summed E-state index contributed by atoms with van der Waals surface area (Å²) in [6.45, 7) is 13.9. The fourth-order valence-electron chi connectivity index (χ4n) is 4.74. The molecular weight excluding hydrogens is 561 g/mol. The Hall–Kier alpha value is -3.28. The van der Waals surface area contributed by atoms with E-state index in [-0.39, 0.29) is 24.1 Å². The van der Waals surface area contributed by atoms with Gasteiger partial charge in [-0.25, -0.2) is 9.59 Å². The minimum Gasteiger partial charge on any atom is -0.435 e. The number of benzene rings is 2. The van der Waals surface area contributed by atoms with Gasteiger partial charge in [0.1, 0.15) is 0 Å². The molecule has 42 heavy (non-hydrogen) atoms. The van der Waals surface area contributed by atoms with Crippen LogP contribution in [0.2, 0.25) is 0 Å². The quantitative estimate of drug-likeness (QED) is 0.232. The number of amides is 2. The van der Waals surface area contributed by atoms with Crippen LogP contribution in [-0.2, 0) is 21.1 Å². The maximum Gasteiger partial charge on any atom is 0.435 e. The summed E-state index contributed by atoms with van der Waals surface area (Å²) in [5, 5.41) is 18.7. The third-order valence-electron chi connectivity index (χ3n) is 7.09. The van der Waals surface area contributed by atoms with Crippen molar-refractivity contribution in [2.75, 3.05) is 37.9 Å². The molecule has 0 aliphatic heterocycles. The van der Waals surface area contributed by atoms with Gasteiger partial charge in [0, 0.05) is 11.9 Å². The molecule has 2 amide bonds. The number of ether oxygens (including phenoxy) is 1. The monoisotopic (exact) mass is 603 g/mol. The zero-order valence-corrected chi connectivity index (χ0v) is 25.7. The minimum absolute atomic E-state index is 0.0588. The molecule has 1 aliphatic rings. The number of likely N-dealkylation sites (N-methyl/N-ethyl adjacent to an activating group) is 1. The summed E-state index contributed by atoms with van der Waals surface area (Å²) in [5.74, 6) is 0. The average molecular weight is 604 g/mol. The van der Waals surface area contributed by atoms with E-state index in [1.54, 1.807) is 18.2 Å². The number of aliphatic hydroxyl groups excluding tert-OH is 1. The van der Waals surface area contributed by atoms with Crippen LogP contribution in [0, 0.1) is 0 Å². The van der Waals surface area contributed by atoms with E-state index in [9.17, 15) is 14.2 Å². The molecule has 13 heteroatoms. The zero-order valence-electron chi connectivity index (χ0n) is 24.8. The minimum atomic E-state index is -4.51. The summed E-state index contributed by atoms with van der Waals surface area (Å²) in [5.41, 5.74) is 4.44. The first-order chi connectivity index (χ1) is 19.8. The molecule has 1 aromatic heterocycles. The number of carbonyl (C=O) groups is 2. The highest BCUT2D eigenvalue weighted by Crippen LogP contribution is 2.35. The first-order valence-electron chi connectivity index (χ1n) is 14.0. The fourth-order valence-corrected chi connectivity index (χ4v) is 5.02. The summed E-state index contributed by atoms with van der Waals surface area (Å²) in [7, 11) is -4.51. The van der Waals surface area contributed by atoms with Crippen molar-refractivity contribution in [2.45, 2.75) is 58.9 Å². The Bertz CT molecular complexity index is 1430. The lowest BCUT2D eigenvalue weighted by Crippen LogP contribution is -2.31. The average Bonchev–Trinajstić information content (AvgIpc) is 3.54. The molecule has 0 saturated heterocycles. The van der Waals surface area contributed by atoms with E-state index in [0.29, 0.717) is 16.6 Å². The van der Waals surface area contributed by atoms with E-state index in [4.69, 9.17) is 14.9 Å². The Morgan fingerprint density at radius 3 is 2.48 bits per heavy atom. The first kappa shape index (κ1) is 33.2. The molecule has 0 fully saturated rings. The third-order valence-corrected chi connectivity index (χ3v) is 7.56. The molecule has 3 aromatic rings. The first-order valence-corrected chi connectivity index (χ1v) is 15.8. The van der Waals surface area contributed by atoms with Crippen molar-refractivity contribution in [3.63, 3.8) is 0 Å². The molecule has 0 saturated carbocycles. The predicted molar refractivity (Wildman–Crippen MR) is 162 cm³/mol. The summed E-state index contributed by atoms with van der Waals surface area (Å²) >= 11 is 0. The Morgan fingerprint density at radius 1 is 1.17 bits per heavy atom. The van der Waals surface area contributed by atoms with Crippen molar-refractivity contribution in [3.8, 4) is 0 Å². The normalized spacial score (nSPS) is 14.7. The number of urea groups is 1. The molecule has 1 heterocycles. The smallest absolute Gasteiger partial charge is 0.435 e. The maximum absolute atomic E-state index is 12.8. The van der Waals surface area contributed by atoms with Crippen LogP contribution in [0.25, 0.3) is 10.9 Å².